The summed E-state index contributed by atoms with van der Waals surface area (Å²) < 4.78 is 5.57. The highest BCUT2D eigenvalue weighted by molar-refractivity contribution is 6.20. The van der Waals surface area contributed by atoms with Crippen LogP contribution >= 0.6 is 11.6 Å². The van der Waals surface area contributed by atoms with Gasteiger partial charge in [-0.1, -0.05) is 6.92 Å². The molecule has 1 unspecified atom stereocenters. The van der Waals surface area contributed by atoms with Crippen molar-refractivity contribution in [3.05, 3.63) is 0 Å². The van der Waals surface area contributed by atoms with Gasteiger partial charge in [-0.2, -0.15) is 0 Å². The molecule has 0 bridgehead atoms. The summed E-state index contributed by atoms with van der Waals surface area (Å²) in [4.78, 5) is 0. The summed E-state index contributed by atoms with van der Waals surface area (Å²) in [6.07, 6.45) is 2.08. The maximum Gasteiger partial charge on any atom is 0.0599 e. The highest BCUT2D eigenvalue weighted by Gasteiger charge is 2.08. The first-order valence-electron chi connectivity index (χ1n) is 5.44. The maximum absolute atomic E-state index is 5.98. The lowest BCUT2D eigenvalue weighted by Crippen LogP contribution is -2.27. The Hall–Kier alpha value is 0.210. The van der Waals surface area contributed by atoms with E-state index >= 15 is 0 Å². The molecule has 0 aliphatic rings. The highest BCUT2D eigenvalue weighted by atomic mass is 35.5. The van der Waals surface area contributed by atoms with Crippen LogP contribution in [0.2, 0.25) is 0 Å². The van der Waals surface area contributed by atoms with Crippen LogP contribution in [0, 0.1) is 0 Å². The molecule has 0 saturated carbocycles. The van der Waals surface area contributed by atoms with Gasteiger partial charge in [-0.25, -0.2) is 0 Å². The second kappa shape index (κ2) is 7.49. The van der Waals surface area contributed by atoms with Crippen molar-refractivity contribution < 1.29 is 4.74 Å². The molecular formula is C11H24ClNO. The molecule has 0 aliphatic heterocycles. The summed E-state index contributed by atoms with van der Waals surface area (Å²) in [5, 5.41) is 3.62. The number of hydrogen-bond acceptors (Lipinski definition) is 2. The Morgan fingerprint density at radius 1 is 1.29 bits per heavy atom. The molecule has 0 aromatic heterocycles. The lowest BCUT2D eigenvalue weighted by molar-refractivity contribution is -0.000752. The molecule has 0 spiro atoms. The molecule has 1 atom stereocenters. The molecular weight excluding hydrogens is 198 g/mol. The van der Waals surface area contributed by atoms with Crippen molar-refractivity contribution in [2.24, 2.45) is 0 Å². The zero-order valence-corrected chi connectivity index (χ0v) is 10.7. The van der Waals surface area contributed by atoms with Gasteiger partial charge in [-0.05, 0) is 40.2 Å². The van der Waals surface area contributed by atoms with Crippen LogP contribution in [-0.4, -0.2) is 30.7 Å². The van der Waals surface area contributed by atoms with Crippen LogP contribution in [0.25, 0.3) is 0 Å². The van der Waals surface area contributed by atoms with Crippen LogP contribution in [-0.2, 0) is 4.74 Å². The predicted molar refractivity (Wildman–Crippen MR) is 63.1 cm³/mol. The molecule has 1 N–H and O–H groups in total. The molecule has 0 rings (SSSR count). The summed E-state index contributed by atoms with van der Waals surface area (Å²) in [7, 11) is 0. The number of nitrogens with one attached hydrogen (secondary N) is 1. The molecule has 14 heavy (non-hydrogen) atoms. The average molecular weight is 222 g/mol. The largest absolute Gasteiger partial charge is 0.375 e. The minimum absolute atomic E-state index is 0.0277. The first kappa shape index (κ1) is 14.2. The van der Waals surface area contributed by atoms with Crippen molar-refractivity contribution >= 4 is 11.6 Å². The monoisotopic (exact) mass is 221 g/mol. The van der Waals surface area contributed by atoms with E-state index in [4.69, 9.17) is 16.3 Å². The van der Waals surface area contributed by atoms with Crippen molar-refractivity contribution in [2.45, 2.75) is 51.5 Å². The minimum atomic E-state index is -0.0277. The Kier molecular flexibility index (Phi) is 7.61. The van der Waals surface area contributed by atoms with Crippen molar-refractivity contribution in [3.8, 4) is 0 Å². The summed E-state index contributed by atoms with van der Waals surface area (Å²) >= 11 is 5.98. The van der Waals surface area contributed by atoms with Crippen LogP contribution in [0.3, 0.4) is 0 Å². The van der Waals surface area contributed by atoms with Gasteiger partial charge < -0.3 is 10.1 Å². The van der Waals surface area contributed by atoms with E-state index in [1.807, 2.05) is 0 Å². The molecule has 0 radical (unpaired) electrons. The fourth-order valence-electron chi connectivity index (χ4n) is 1.02. The second-order valence-electron chi connectivity index (χ2n) is 4.51. The number of hydrogen-bond donors (Lipinski definition) is 1. The van der Waals surface area contributed by atoms with E-state index < -0.39 is 0 Å². The Morgan fingerprint density at radius 2 is 1.93 bits per heavy atom. The third-order valence-electron chi connectivity index (χ3n) is 1.89. The molecule has 0 heterocycles. The maximum atomic E-state index is 5.98. The van der Waals surface area contributed by atoms with Gasteiger partial charge >= 0.3 is 0 Å². The minimum Gasteiger partial charge on any atom is -0.375 e. The van der Waals surface area contributed by atoms with Crippen LogP contribution in [0.15, 0.2) is 0 Å². The van der Waals surface area contributed by atoms with Crippen LogP contribution < -0.4 is 5.32 Å². The van der Waals surface area contributed by atoms with E-state index in [0.29, 0.717) is 5.38 Å². The third kappa shape index (κ3) is 10.3. The smallest absolute Gasteiger partial charge is 0.0599 e. The number of ether oxygens (including phenoxy) is 1. The van der Waals surface area contributed by atoms with Crippen molar-refractivity contribution in [2.75, 3.05) is 19.7 Å². The lowest BCUT2D eigenvalue weighted by atomic mass is 10.2. The number of halogens is 1. The summed E-state index contributed by atoms with van der Waals surface area (Å²) in [6.45, 7) is 11.0. The van der Waals surface area contributed by atoms with Crippen LogP contribution in [0.4, 0.5) is 0 Å². The Bertz CT molecular complexity index is 134. The normalized spacial score (nSPS) is 14.4. The van der Waals surface area contributed by atoms with E-state index in [2.05, 4.69) is 33.0 Å². The van der Waals surface area contributed by atoms with Crippen LogP contribution in [0.1, 0.15) is 40.5 Å². The van der Waals surface area contributed by atoms with E-state index in [1.54, 1.807) is 0 Å². The van der Waals surface area contributed by atoms with Gasteiger partial charge in [-0.3, -0.25) is 0 Å². The summed E-state index contributed by atoms with van der Waals surface area (Å²) in [5.41, 5.74) is -0.0277. The third-order valence-corrected chi connectivity index (χ3v) is 2.42. The SMILES string of the molecule is CCC(Cl)CCNCCOC(C)(C)C. The predicted octanol–water partition coefficient (Wildman–Crippen LogP) is 2.80. The van der Waals surface area contributed by atoms with E-state index in [-0.39, 0.29) is 5.60 Å². The van der Waals surface area contributed by atoms with Gasteiger partial charge in [0, 0.05) is 11.9 Å². The molecule has 0 aliphatic carbocycles. The van der Waals surface area contributed by atoms with Gasteiger partial charge in [-0.15, -0.1) is 11.6 Å². The lowest BCUT2D eigenvalue weighted by Gasteiger charge is -2.19. The fraction of sp³-hybridized carbons (Fsp3) is 1.00. The molecule has 2 nitrogen and oxygen atoms in total. The van der Waals surface area contributed by atoms with Gasteiger partial charge in [0.2, 0.25) is 0 Å². The van der Waals surface area contributed by atoms with Crippen LogP contribution in [0.5, 0.6) is 0 Å². The van der Waals surface area contributed by atoms with Crippen molar-refractivity contribution in [3.63, 3.8) is 0 Å². The Morgan fingerprint density at radius 3 is 2.43 bits per heavy atom. The average Bonchev–Trinajstić information content (AvgIpc) is 2.08. The first-order chi connectivity index (χ1) is 6.45. The number of rotatable bonds is 7. The molecule has 0 amide bonds. The molecule has 3 heteroatoms. The second-order valence-corrected chi connectivity index (χ2v) is 5.12. The Labute approximate surface area is 93.4 Å². The zero-order valence-electron chi connectivity index (χ0n) is 9.90. The topological polar surface area (TPSA) is 21.3 Å². The molecule has 0 aromatic rings. The summed E-state index contributed by atoms with van der Waals surface area (Å²) in [5.74, 6) is 0. The zero-order chi connectivity index (χ0) is 11.0. The highest BCUT2D eigenvalue weighted by Crippen LogP contribution is 2.06. The van der Waals surface area contributed by atoms with E-state index in [1.165, 1.54) is 0 Å². The molecule has 0 aromatic carbocycles. The number of alkyl halides is 1. The van der Waals surface area contributed by atoms with E-state index in [9.17, 15) is 0 Å². The molecule has 0 saturated heterocycles. The van der Waals surface area contributed by atoms with Gasteiger partial charge in [0.1, 0.15) is 0 Å². The van der Waals surface area contributed by atoms with Crippen molar-refractivity contribution in [1.29, 1.82) is 0 Å². The summed E-state index contributed by atoms with van der Waals surface area (Å²) in [6, 6.07) is 0. The van der Waals surface area contributed by atoms with E-state index in [0.717, 1.165) is 32.5 Å². The molecule has 86 valence electrons. The quantitative estimate of drug-likeness (QED) is 0.527. The van der Waals surface area contributed by atoms with Gasteiger partial charge in [0.05, 0.1) is 12.2 Å². The fourth-order valence-corrected chi connectivity index (χ4v) is 1.13. The standard InChI is InChI=1S/C11H24ClNO/c1-5-10(12)6-7-13-8-9-14-11(2,3)4/h10,13H,5-9H2,1-4H3. The Balaban J connectivity index is 3.14. The first-order valence-corrected chi connectivity index (χ1v) is 5.88. The molecule has 0 fully saturated rings. The van der Waals surface area contributed by atoms with Gasteiger partial charge in [0.25, 0.3) is 0 Å². The van der Waals surface area contributed by atoms with Gasteiger partial charge in [0.15, 0.2) is 0 Å². The van der Waals surface area contributed by atoms with Crippen molar-refractivity contribution in [1.82, 2.24) is 5.32 Å².